The molecular formula is C31H62N2O2. The van der Waals surface area contributed by atoms with Crippen LogP contribution < -0.4 is 0 Å². The maximum Gasteiger partial charge on any atom is 0.222 e. The largest absolute Gasteiger partial charge is 0.381 e. The molecule has 0 radical (unpaired) electrons. The first-order valence-corrected chi connectivity index (χ1v) is 15.7. The van der Waals surface area contributed by atoms with E-state index < -0.39 is 0 Å². The van der Waals surface area contributed by atoms with Crippen LogP contribution in [0.2, 0.25) is 0 Å². The number of nitrogens with zero attached hydrogens (tertiary/aromatic N) is 2. The third-order valence-electron chi connectivity index (χ3n) is 7.68. The summed E-state index contributed by atoms with van der Waals surface area (Å²) < 4.78 is 5.95. The molecule has 1 saturated heterocycles. The number of unbranched alkanes of at least 4 members (excludes halogenated alkanes) is 15. The summed E-state index contributed by atoms with van der Waals surface area (Å²) in [6.45, 7) is 5.94. The Morgan fingerprint density at radius 2 is 1.29 bits per heavy atom. The normalized spacial score (nSPS) is 16.3. The van der Waals surface area contributed by atoms with Crippen LogP contribution in [0.1, 0.15) is 148 Å². The molecule has 1 rings (SSSR count). The molecule has 208 valence electrons. The van der Waals surface area contributed by atoms with Gasteiger partial charge in [-0.3, -0.25) is 4.79 Å². The highest BCUT2D eigenvalue weighted by molar-refractivity contribution is 5.76. The van der Waals surface area contributed by atoms with Gasteiger partial charge >= 0.3 is 0 Å². The number of amides is 1. The van der Waals surface area contributed by atoms with Gasteiger partial charge in [0.1, 0.15) is 0 Å². The van der Waals surface area contributed by atoms with E-state index in [1.807, 2.05) is 0 Å². The van der Waals surface area contributed by atoms with Gasteiger partial charge in [-0.05, 0) is 59.2 Å². The first-order valence-electron chi connectivity index (χ1n) is 15.7. The van der Waals surface area contributed by atoms with E-state index in [0.29, 0.717) is 18.4 Å². The quantitative estimate of drug-likeness (QED) is 0.126. The molecule has 0 saturated carbocycles. The SMILES string of the molecule is CCCCCCCCCCCCCCCCCCOCCC1CCCCN1C(=O)CCCN(C)C. The van der Waals surface area contributed by atoms with Crippen LogP contribution >= 0.6 is 0 Å². The molecule has 0 aromatic rings. The van der Waals surface area contributed by atoms with E-state index in [-0.39, 0.29) is 0 Å². The van der Waals surface area contributed by atoms with Crippen LogP contribution in [-0.2, 0) is 9.53 Å². The van der Waals surface area contributed by atoms with Gasteiger partial charge in [-0.2, -0.15) is 0 Å². The maximum absolute atomic E-state index is 12.7. The van der Waals surface area contributed by atoms with Gasteiger partial charge in [0.05, 0.1) is 0 Å². The molecule has 1 heterocycles. The highest BCUT2D eigenvalue weighted by Crippen LogP contribution is 2.21. The van der Waals surface area contributed by atoms with Crippen LogP contribution in [0.4, 0.5) is 0 Å². The van der Waals surface area contributed by atoms with Gasteiger partial charge in [0.2, 0.25) is 5.91 Å². The summed E-state index contributed by atoms with van der Waals surface area (Å²) in [5.41, 5.74) is 0. The molecule has 35 heavy (non-hydrogen) atoms. The van der Waals surface area contributed by atoms with Crippen molar-refractivity contribution in [3.63, 3.8) is 0 Å². The molecule has 0 spiro atoms. The second kappa shape index (κ2) is 23.8. The van der Waals surface area contributed by atoms with Gasteiger partial charge in [-0.1, -0.05) is 103 Å². The standard InChI is InChI=1S/C31H62N2O2/c1-4-5-6-7-8-9-10-11-12-13-14-15-16-17-18-21-28-35-29-25-30-23-19-20-27-33(30)31(34)24-22-26-32(2)3/h30H,4-29H2,1-3H3. The van der Waals surface area contributed by atoms with Crippen LogP contribution in [0.25, 0.3) is 0 Å². The highest BCUT2D eigenvalue weighted by atomic mass is 16.5. The first-order chi connectivity index (χ1) is 17.1. The molecule has 4 heteroatoms. The molecule has 1 unspecified atom stereocenters. The van der Waals surface area contributed by atoms with E-state index in [0.717, 1.165) is 52.0 Å². The predicted molar refractivity (Wildman–Crippen MR) is 152 cm³/mol. The van der Waals surface area contributed by atoms with Crippen LogP contribution in [0.5, 0.6) is 0 Å². The topological polar surface area (TPSA) is 32.8 Å². The fourth-order valence-corrected chi connectivity index (χ4v) is 5.39. The number of likely N-dealkylation sites (tertiary alicyclic amines) is 1. The fraction of sp³-hybridized carbons (Fsp3) is 0.968. The van der Waals surface area contributed by atoms with E-state index >= 15 is 0 Å². The van der Waals surface area contributed by atoms with Gasteiger partial charge in [0.15, 0.2) is 0 Å². The number of hydrogen-bond donors (Lipinski definition) is 0. The predicted octanol–water partition coefficient (Wildman–Crippen LogP) is 8.38. The van der Waals surface area contributed by atoms with Crippen LogP contribution in [0.3, 0.4) is 0 Å². The molecule has 1 aliphatic rings. The summed E-state index contributed by atoms with van der Waals surface area (Å²) in [7, 11) is 4.15. The summed E-state index contributed by atoms with van der Waals surface area (Å²) >= 11 is 0. The average Bonchev–Trinajstić information content (AvgIpc) is 2.85. The average molecular weight is 495 g/mol. The minimum absolute atomic E-state index is 0.356. The maximum atomic E-state index is 12.7. The molecule has 4 nitrogen and oxygen atoms in total. The first kappa shape index (κ1) is 32.4. The Bertz CT molecular complexity index is 469. The Balaban J connectivity index is 1.87. The number of rotatable bonds is 24. The Morgan fingerprint density at radius 1 is 0.743 bits per heavy atom. The Kier molecular flexibility index (Phi) is 22.0. The zero-order valence-corrected chi connectivity index (χ0v) is 24.2. The lowest BCUT2D eigenvalue weighted by atomic mass is 9.99. The van der Waals surface area contributed by atoms with Gasteiger partial charge < -0.3 is 14.5 Å². The summed E-state index contributed by atoms with van der Waals surface area (Å²) in [5.74, 6) is 0.356. The van der Waals surface area contributed by atoms with Crippen molar-refractivity contribution in [2.75, 3.05) is 40.4 Å². The summed E-state index contributed by atoms with van der Waals surface area (Å²) in [5, 5.41) is 0. The van der Waals surface area contributed by atoms with Crippen molar-refractivity contribution in [1.82, 2.24) is 9.80 Å². The number of carbonyl (C=O) groups is 1. The van der Waals surface area contributed by atoms with Crippen molar-refractivity contribution in [2.45, 2.75) is 154 Å². The van der Waals surface area contributed by atoms with Crippen molar-refractivity contribution in [3.8, 4) is 0 Å². The Hall–Kier alpha value is -0.610. The zero-order chi connectivity index (χ0) is 25.4. The van der Waals surface area contributed by atoms with E-state index in [1.165, 1.54) is 109 Å². The van der Waals surface area contributed by atoms with Crippen molar-refractivity contribution in [2.24, 2.45) is 0 Å². The van der Waals surface area contributed by atoms with Crippen molar-refractivity contribution in [3.05, 3.63) is 0 Å². The third kappa shape index (κ3) is 19.2. The Labute approximate surface area is 219 Å². The summed E-state index contributed by atoms with van der Waals surface area (Å²) in [4.78, 5) is 17.0. The van der Waals surface area contributed by atoms with Gasteiger partial charge in [0, 0.05) is 32.2 Å². The van der Waals surface area contributed by atoms with Crippen LogP contribution in [0.15, 0.2) is 0 Å². The van der Waals surface area contributed by atoms with Crippen molar-refractivity contribution < 1.29 is 9.53 Å². The molecular weight excluding hydrogens is 432 g/mol. The summed E-state index contributed by atoms with van der Waals surface area (Å²) in [6, 6.07) is 0.404. The monoisotopic (exact) mass is 494 g/mol. The molecule has 0 aromatic heterocycles. The zero-order valence-electron chi connectivity index (χ0n) is 24.2. The second-order valence-electron chi connectivity index (χ2n) is 11.3. The van der Waals surface area contributed by atoms with Gasteiger partial charge in [-0.15, -0.1) is 0 Å². The molecule has 0 bridgehead atoms. The van der Waals surface area contributed by atoms with E-state index in [2.05, 4.69) is 30.8 Å². The van der Waals surface area contributed by atoms with Gasteiger partial charge in [0.25, 0.3) is 0 Å². The molecule has 0 aliphatic carbocycles. The molecule has 1 fully saturated rings. The lowest BCUT2D eigenvalue weighted by molar-refractivity contribution is -0.135. The summed E-state index contributed by atoms with van der Waals surface area (Å²) in [6.07, 6.45) is 28.7. The second-order valence-corrected chi connectivity index (χ2v) is 11.3. The molecule has 0 N–H and O–H groups in total. The van der Waals surface area contributed by atoms with E-state index in [1.54, 1.807) is 0 Å². The third-order valence-corrected chi connectivity index (χ3v) is 7.68. The van der Waals surface area contributed by atoms with E-state index in [9.17, 15) is 4.79 Å². The molecule has 1 aliphatic heterocycles. The van der Waals surface area contributed by atoms with Crippen LogP contribution in [0, 0.1) is 0 Å². The minimum atomic E-state index is 0.356. The smallest absolute Gasteiger partial charge is 0.222 e. The lowest BCUT2D eigenvalue weighted by Crippen LogP contribution is -2.44. The Morgan fingerprint density at radius 3 is 1.83 bits per heavy atom. The molecule has 1 amide bonds. The van der Waals surface area contributed by atoms with Crippen molar-refractivity contribution in [1.29, 1.82) is 0 Å². The molecule has 0 aromatic carbocycles. The number of hydrogen-bond acceptors (Lipinski definition) is 3. The van der Waals surface area contributed by atoms with Crippen LogP contribution in [-0.4, -0.2) is 62.1 Å². The van der Waals surface area contributed by atoms with E-state index in [4.69, 9.17) is 4.74 Å². The molecule has 1 atom stereocenters. The van der Waals surface area contributed by atoms with Gasteiger partial charge in [-0.25, -0.2) is 0 Å². The number of piperidine rings is 1. The van der Waals surface area contributed by atoms with Crippen molar-refractivity contribution >= 4 is 5.91 Å². The lowest BCUT2D eigenvalue weighted by Gasteiger charge is -2.36. The number of ether oxygens (including phenoxy) is 1. The minimum Gasteiger partial charge on any atom is -0.381 e. The fourth-order valence-electron chi connectivity index (χ4n) is 5.39. The highest BCUT2D eigenvalue weighted by Gasteiger charge is 2.25. The number of carbonyl (C=O) groups excluding carboxylic acids is 1.